The summed E-state index contributed by atoms with van der Waals surface area (Å²) in [5.74, 6) is 1.21. The van der Waals surface area contributed by atoms with E-state index in [0.717, 1.165) is 12.1 Å². The third kappa shape index (κ3) is 3.06. The Labute approximate surface area is 134 Å². The van der Waals surface area contributed by atoms with Gasteiger partial charge in [0.25, 0.3) is 5.69 Å². The van der Waals surface area contributed by atoms with Crippen LogP contribution in [0, 0.1) is 20.2 Å². The molecule has 1 aliphatic heterocycles. The van der Waals surface area contributed by atoms with Gasteiger partial charge in [-0.1, -0.05) is 0 Å². The van der Waals surface area contributed by atoms with E-state index in [4.69, 9.17) is 9.47 Å². The highest BCUT2D eigenvalue weighted by Crippen LogP contribution is 2.32. The van der Waals surface area contributed by atoms with Gasteiger partial charge in [-0.3, -0.25) is 25.7 Å². The van der Waals surface area contributed by atoms with Crippen LogP contribution in [0.3, 0.4) is 0 Å². The highest BCUT2D eigenvalue weighted by Gasteiger charge is 2.19. The molecule has 0 atom stereocenters. The molecule has 0 radical (unpaired) electrons. The van der Waals surface area contributed by atoms with Gasteiger partial charge < -0.3 is 9.47 Å². The summed E-state index contributed by atoms with van der Waals surface area (Å²) in [5.41, 5.74) is 2.44. The zero-order chi connectivity index (χ0) is 17.1. The fraction of sp³-hybridized carbons (Fsp3) is 0.0714. The van der Waals surface area contributed by atoms with Gasteiger partial charge >= 0.3 is 5.69 Å². The number of nitrogens with zero attached hydrogens (tertiary/aromatic N) is 3. The number of benzene rings is 2. The summed E-state index contributed by atoms with van der Waals surface area (Å²) in [7, 11) is 0. The number of nitro groups is 2. The molecule has 10 nitrogen and oxygen atoms in total. The molecule has 0 unspecified atom stereocenters. The number of nitrogens with one attached hydrogen (secondary N) is 1. The molecule has 1 heterocycles. The van der Waals surface area contributed by atoms with Crippen molar-refractivity contribution in [2.45, 2.75) is 0 Å². The number of anilines is 1. The van der Waals surface area contributed by atoms with Gasteiger partial charge in [-0.05, 0) is 29.8 Å². The van der Waals surface area contributed by atoms with Crippen LogP contribution in [0.15, 0.2) is 41.5 Å². The molecule has 0 saturated heterocycles. The Morgan fingerprint density at radius 2 is 1.83 bits per heavy atom. The standard InChI is InChI=1S/C14H10N4O6/c19-17(20)10-2-3-11(12(6-10)18(21)22)16-15-7-9-1-4-13-14(5-9)24-8-23-13/h1-7,16H,8H2. The smallest absolute Gasteiger partial charge is 0.301 e. The summed E-state index contributed by atoms with van der Waals surface area (Å²) in [5, 5.41) is 25.6. The zero-order valence-electron chi connectivity index (χ0n) is 12.0. The second kappa shape index (κ2) is 6.20. The zero-order valence-corrected chi connectivity index (χ0v) is 12.0. The third-order valence-corrected chi connectivity index (χ3v) is 3.18. The van der Waals surface area contributed by atoms with Crippen molar-refractivity contribution in [3.63, 3.8) is 0 Å². The van der Waals surface area contributed by atoms with Gasteiger partial charge in [-0.25, -0.2) is 0 Å². The lowest BCUT2D eigenvalue weighted by Gasteiger charge is -2.02. The second-order valence-corrected chi connectivity index (χ2v) is 4.70. The first-order valence-electron chi connectivity index (χ1n) is 6.66. The number of hydrogen-bond acceptors (Lipinski definition) is 8. The number of rotatable bonds is 5. The molecule has 122 valence electrons. The predicted molar refractivity (Wildman–Crippen MR) is 83.5 cm³/mol. The molecule has 3 rings (SSSR count). The maximum Gasteiger partial charge on any atom is 0.301 e. The van der Waals surface area contributed by atoms with E-state index in [9.17, 15) is 20.2 Å². The van der Waals surface area contributed by atoms with Crippen molar-refractivity contribution in [3.8, 4) is 11.5 Å². The Balaban J connectivity index is 1.78. The Bertz CT molecular complexity index is 851. The fourth-order valence-corrected chi connectivity index (χ4v) is 2.05. The molecule has 0 aromatic heterocycles. The highest BCUT2D eigenvalue weighted by molar-refractivity contribution is 5.82. The molecule has 0 fully saturated rings. The molecule has 24 heavy (non-hydrogen) atoms. The SMILES string of the molecule is O=[N+]([O-])c1ccc(NN=Cc2ccc3c(c2)OCO3)c([N+](=O)[O-])c1. The van der Waals surface area contributed by atoms with Crippen molar-refractivity contribution in [3.05, 3.63) is 62.2 Å². The summed E-state index contributed by atoms with van der Waals surface area (Å²) in [4.78, 5) is 20.3. The average Bonchev–Trinajstić information content (AvgIpc) is 3.02. The van der Waals surface area contributed by atoms with Crippen molar-refractivity contribution < 1.29 is 19.3 Å². The minimum absolute atomic E-state index is 0.0441. The van der Waals surface area contributed by atoms with Gasteiger partial charge in [-0.2, -0.15) is 5.10 Å². The Morgan fingerprint density at radius 3 is 2.58 bits per heavy atom. The Morgan fingerprint density at radius 1 is 1.04 bits per heavy atom. The third-order valence-electron chi connectivity index (χ3n) is 3.18. The lowest BCUT2D eigenvalue weighted by molar-refractivity contribution is -0.393. The molecule has 0 spiro atoms. The molecule has 1 aliphatic rings. The molecular formula is C14H10N4O6. The van der Waals surface area contributed by atoms with E-state index in [-0.39, 0.29) is 18.2 Å². The average molecular weight is 330 g/mol. The topological polar surface area (TPSA) is 129 Å². The molecule has 1 N–H and O–H groups in total. The molecule has 10 heteroatoms. The number of hydrogen-bond donors (Lipinski definition) is 1. The van der Waals surface area contributed by atoms with Crippen LogP contribution < -0.4 is 14.9 Å². The number of non-ortho nitro benzene ring substituents is 1. The maximum absolute atomic E-state index is 11.0. The van der Waals surface area contributed by atoms with Gasteiger partial charge in [0.2, 0.25) is 6.79 Å². The van der Waals surface area contributed by atoms with Gasteiger partial charge in [0.1, 0.15) is 5.69 Å². The summed E-state index contributed by atoms with van der Waals surface area (Å²) >= 11 is 0. The summed E-state index contributed by atoms with van der Waals surface area (Å²) in [6, 6.07) is 8.43. The minimum Gasteiger partial charge on any atom is -0.454 e. The summed E-state index contributed by atoms with van der Waals surface area (Å²) in [6.45, 7) is 0.156. The van der Waals surface area contributed by atoms with Gasteiger partial charge in [0.15, 0.2) is 11.5 Å². The van der Waals surface area contributed by atoms with Gasteiger partial charge in [0, 0.05) is 6.07 Å². The largest absolute Gasteiger partial charge is 0.454 e. The van der Waals surface area contributed by atoms with E-state index in [1.54, 1.807) is 18.2 Å². The van der Waals surface area contributed by atoms with Gasteiger partial charge in [0.05, 0.1) is 22.1 Å². The predicted octanol–water partition coefficient (Wildman–Crippen LogP) is 2.68. The van der Waals surface area contributed by atoms with Crippen molar-refractivity contribution in [1.82, 2.24) is 0 Å². The molecule has 2 aromatic carbocycles. The van der Waals surface area contributed by atoms with Gasteiger partial charge in [-0.15, -0.1) is 0 Å². The van der Waals surface area contributed by atoms with Crippen LogP contribution in [0.4, 0.5) is 17.1 Å². The highest BCUT2D eigenvalue weighted by atomic mass is 16.7. The number of ether oxygens (including phenoxy) is 2. The fourth-order valence-electron chi connectivity index (χ4n) is 2.05. The van der Waals surface area contributed by atoms with Crippen LogP contribution in [-0.2, 0) is 0 Å². The van der Waals surface area contributed by atoms with Crippen LogP contribution in [-0.4, -0.2) is 22.9 Å². The number of fused-ring (bicyclic) bond motifs is 1. The Hall–Kier alpha value is -3.69. The molecule has 0 bridgehead atoms. The van der Waals surface area contributed by atoms with E-state index in [2.05, 4.69) is 10.5 Å². The first kappa shape index (κ1) is 15.2. The van der Waals surface area contributed by atoms with Crippen LogP contribution in [0.2, 0.25) is 0 Å². The monoisotopic (exact) mass is 330 g/mol. The van der Waals surface area contributed by atoms with E-state index in [0.29, 0.717) is 17.1 Å². The van der Waals surface area contributed by atoms with E-state index < -0.39 is 15.5 Å². The van der Waals surface area contributed by atoms with Crippen LogP contribution in [0.25, 0.3) is 0 Å². The molecule has 0 amide bonds. The minimum atomic E-state index is -0.717. The molecule has 2 aromatic rings. The number of hydrazone groups is 1. The molecular weight excluding hydrogens is 320 g/mol. The van der Waals surface area contributed by atoms with Crippen LogP contribution in [0.1, 0.15) is 5.56 Å². The van der Waals surface area contributed by atoms with Crippen molar-refractivity contribution >= 4 is 23.3 Å². The summed E-state index contributed by atoms with van der Waals surface area (Å²) in [6.07, 6.45) is 1.44. The molecule has 0 saturated carbocycles. The first-order chi connectivity index (χ1) is 11.5. The lowest BCUT2D eigenvalue weighted by Crippen LogP contribution is -1.98. The summed E-state index contributed by atoms with van der Waals surface area (Å²) < 4.78 is 10.4. The van der Waals surface area contributed by atoms with Crippen molar-refractivity contribution in [1.29, 1.82) is 0 Å². The normalized spacial score (nSPS) is 12.3. The van der Waals surface area contributed by atoms with Crippen LogP contribution in [0.5, 0.6) is 11.5 Å². The second-order valence-electron chi connectivity index (χ2n) is 4.70. The first-order valence-corrected chi connectivity index (χ1v) is 6.66. The molecule has 0 aliphatic carbocycles. The number of nitro benzene ring substituents is 2. The van der Waals surface area contributed by atoms with Crippen molar-refractivity contribution in [2.75, 3.05) is 12.2 Å². The lowest BCUT2D eigenvalue weighted by atomic mass is 10.2. The van der Waals surface area contributed by atoms with Crippen molar-refractivity contribution in [2.24, 2.45) is 5.10 Å². The quantitative estimate of drug-likeness (QED) is 0.506. The van der Waals surface area contributed by atoms with E-state index in [1.165, 1.54) is 12.3 Å². The Kier molecular flexibility index (Phi) is 3.93. The van der Waals surface area contributed by atoms with E-state index >= 15 is 0 Å². The van der Waals surface area contributed by atoms with Crippen LogP contribution >= 0.6 is 0 Å². The van der Waals surface area contributed by atoms with E-state index in [1.807, 2.05) is 0 Å². The maximum atomic E-state index is 11.0.